The molecule has 0 saturated carbocycles. The first kappa shape index (κ1) is 18.7. The highest BCUT2D eigenvalue weighted by Crippen LogP contribution is 2.30. The van der Waals surface area contributed by atoms with Crippen LogP contribution in [0.15, 0.2) is 75.8 Å². The number of rotatable bonds is 7. The molecule has 1 heterocycles. The van der Waals surface area contributed by atoms with Gasteiger partial charge in [0.25, 0.3) is 0 Å². The van der Waals surface area contributed by atoms with E-state index in [0.29, 0.717) is 16.9 Å². The van der Waals surface area contributed by atoms with Gasteiger partial charge in [0, 0.05) is 17.5 Å². The third-order valence-electron chi connectivity index (χ3n) is 3.70. The first-order chi connectivity index (χ1) is 13.2. The summed E-state index contributed by atoms with van der Waals surface area (Å²) in [5.41, 5.74) is 1.98. The Morgan fingerprint density at radius 1 is 0.926 bits per heavy atom. The Morgan fingerprint density at radius 2 is 1.56 bits per heavy atom. The molecule has 3 rings (SSSR count). The number of hydrogen-bond acceptors (Lipinski definition) is 7. The van der Waals surface area contributed by atoms with Crippen molar-refractivity contribution in [2.75, 3.05) is 26.3 Å². The first-order valence-corrected chi connectivity index (χ1v) is 9.08. The quantitative estimate of drug-likeness (QED) is 0.349. The summed E-state index contributed by atoms with van der Waals surface area (Å²) in [7, 11) is 5.05. The van der Waals surface area contributed by atoms with Crippen LogP contribution in [0.3, 0.4) is 0 Å². The second-order valence-corrected chi connectivity index (χ2v) is 6.49. The molecule has 0 unspecified atom stereocenters. The minimum absolute atomic E-state index is 0.458. The van der Waals surface area contributed by atoms with Crippen LogP contribution in [0.25, 0.3) is 0 Å². The zero-order valence-electron chi connectivity index (χ0n) is 15.4. The predicted octanol–water partition coefficient (Wildman–Crippen LogP) is 4.12. The van der Waals surface area contributed by atoms with E-state index in [-0.39, 0.29) is 0 Å². The fraction of sp³-hybridized carbons (Fsp3) is 0.150. The van der Waals surface area contributed by atoms with Gasteiger partial charge in [0.05, 0.1) is 32.2 Å². The summed E-state index contributed by atoms with van der Waals surface area (Å²) >= 11 is 1.43. The number of benzene rings is 2. The molecular formula is C20H20N4O2S. The van der Waals surface area contributed by atoms with Gasteiger partial charge in [-0.05, 0) is 30.0 Å². The molecule has 7 heteroatoms. The fourth-order valence-corrected chi connectivity index (χ4v) is 3.13. The first-order valence-electron chi connectivity index (χ1n) is 8.26. The molecule has 0 atom stereocenters. The normalized spacial score (nSPS) is 10.8. The van der Waals surface area contributed by atoms with Gasteiger partial charge < -0.3 is 9.47 Å². The molecule has 1 aromatic heterocycles. The molecule has 6 nitrogen and oxygen atoms in total. The number of aromatic nitrogens is 2. The van der Waals surface area contributed by atoms with E-state index in [2.05, 4.69) is 15.1 Å². The molecule has 3 aromatic rings. The summed E-state index contributed by atoms with van der Waals surface area (Å²) < 4.78 is 10.4. The number of hydrogen-bond donors (Lipinski definition) is 0. The summed E-state index contributed by atoms with van der Waals surface area (Å²) in [6.45, 7) is 0. The third kappa shape index (κ3) is 4.98. The van der Waals surface area contributed by atoms with E-state index in [1.54, 1.807) is 20.3 Å². The van der Waals surface area contributed by atoms with Crippen LogP contribution in [0.2, 0.25) is 0 Å². The monoisotopic (exact) mass is 380 g/mol. The lowest BCUT2D eigenvalue weighted by Crippen LogP contribution is -2.08. The maximum atomic E-state index is 5.22. The average molecular weight is 380 g/mol. The van der Waals surface area contributed by atoms with E-state index in [4.69, 9.17) is 9.47 Å². The van der Waals surface area contributed by atoms with E-state index in [1.807, 2.05) is 72.9 Å². The SMILES string of the molecule is COc1cc(OC)nc(Sc2ccccc2/C=N/N(C)c2ccccc2)n1. The van der Waals surface area contributed by atoms with Gasteiger partial charge in [0.2, 0.25) is 11.8 Å². The lowest BCUT2D eigenvalue weighted by atomic mass is 10.2. The van der Waals surface area contributed by atoms with Gasteiger partial charge in [-0.1, -0.05) is 36.4 Å². The maximum Gasteiger partial charge on any atom is 0.220 e. The van der Waals surface area contributed by atoms with Crippen LogP contribution in [0.4, 0.5) is 5.69 Å². The number of ether oxygens (including phenoxy) is 2. The van der Waals surface area contributed by atoms with Crippen molar-refractivity contribution < 1.29 is 9.47 Å². The molecule has 0 fully saturated rings. The molecule has 0 bridgehead atoms. The lowest BCUT2D eigenvalue weighted by Gasteiger charge is -2.13. The zero-order valence-corrected chi connectivity index (χ0v) is 16.2. The number of methoxy groups -OCH3 is 2. The highest BCUT2D eigenvalue weighted by molar-refractivity contribution is 7.99. The van der Waals surface area contributed by atoms with Crippen molar-refractivity contribution in [2.45, 2.75) is 10.1 Å². The Morgan fingerprint density at radius 3 is 2.22 bits per heavy atom. The minimum Gasteiger partial charge on any atom is -0.481 e. The number of para-hydroxylation sites is 1. The van der Waals surface area contributed by atoms with Crippen LogP contribution < -0.4 is 14.5 Å². The Kier molecular flexibility index (Phi) is 6.27. The molecule has 138 valence electrons. The molecule has 0 aliphatic carbocycles. The second-order valence-electron chi connectivity index (χ2n) is 5.48. The van der Waals surface area contributed by atoms with Crippen LogP contribution in [0.1, 0.15) is 5.56 Å². The van der Waals surface area contributed by atoms with Crippen molar-refractivity contribution in [3.8, 4) is 11.8 Å². The van der Waals surface area contributed by atoms with Gasteiger partial charge >= 0.3 is 0 Å². The van der Waals surface area contributed by atoms with Crippen molar-refractivity contribution >= 4 is 23.7 Å². The summed E-state index contributed by atoms with van der Waals surface area (Å²) in [6.07, 6.45) is 1.83. The Hall–Kier alpha value is -3.06. The molecule has 0 aliphatic rings. The Labute approximate surface area is 162 Å². The van der Waals surface area contributed by atoms with Gasteiger partial charge in [-0.3, -0.25) is 5.01 Å². The van der Waals surface area contributed by atoms with Gasteiger partial charge in [-0.15, -0.1) is 0 Å². The summed E-state index contributed by atoms with van der Waals surface area (Å²) in [6, 6.07) is 19.6. The molecule has 0 radical (unpaired) electrons. The highest BCUT2D eigenvalue weighted by atomic mass is 32.2. The summed E-state index contributed by atoms with van der Waals surface area (Å²) in [5.74, 6) is 0.915. The molecule has 0 amide bonds. The second kappa shape index (κ2) is 9.05. The number of nitrogens with zero attached hydrogens (tertiary/aromatic N) is 4. The Bertz CT molecular complexity index is 897. The topological polar surface area (TPSA) is 59.8 Å². The average Bonchev–Trinajstić information content (AvgIpc) is 2.73. The van der Waals surface area contributed by atoms with E-state index in [9.17, 15) is 0 Å². The van der Waals surface area contributed by atoms with Gasteiger partial charge in [0.1, 0.15) is 0 Å². The maximum absolute atomic E-state index is 5.22. The van der Waals surface area contributed by atoms with E-state index in [0.717, 1.165) is 16.1 Å². The van der Waals surface area contributed by atoms with Crippen LogP contribution >= 0.6 is 11.8 Å². The minimum atomic E-state index is 0.458. The standard InChI is InChI=1S/C20H20N4O2S/c1-24(16-10-5-4-6-11-16)21-14-15-9-7-8-12-17(15)27-20-22-18(25-2)13-19(23-20)26-3/h4-14H,1-3H3/b21-14+. The molecule has 0 saturated heterocycles. The smallest absolute Gasteiger partial charge is 0.220 e. The van der Waals surface area contributed by atoms with Gasteiger partial charge in [-0.25, -0.2) is 0 Å². The molecule has 27 heavy (non-hydrogen) atoms. The van der Waals surface area contributed by atoms with Crippen LogP contribution in [-0.2, 0) is 0 Å². The van der Waals surface area contributed by atoms with Crippen molar-refractivity contribution in [2.24, 2.45) is 5.10 Å². The fourth-order valence-electron chi connectivity index (χ4n) is 2.28. The van der Waals surface area contributed by atoms with Crippen LogP contribution in [0.5, 0.6) is 11.8 Å². The number of anilines is 1. The summed E-state index contributed by atoms with van der Waals surface area (Å²) in [4.78, 5) is 9.73. The van der Waals surface area contributed by atoms with E-state index in [1.165, 1.54) is 11.8 Å². The lowest BCUT2D eigenvalue weighted by molar-refractivity contribution is 0.364. The molecule has 0 aliphatic heterocycles. The van der Waals surface area contributed by atoms with E-state index < -0.39 is 0 Å². The highest BCUT2D eigenvalue weighted by Gasteiger charge is 2.09. The van der Waals surface area contributed by atoms with Crippen LogP contribution in [-0.4, -0.2) is 37.4 Å². The van der Waals surface area contributed by atoms with Crippen molar-refractivity contribution in [1.82, 2.24) is 9.97 Å². The largest absolute Gasteiger partial charge is 0.481 e. The Balaban J connectivity index is 1.83. The van der Waals surface area contributed by atoms with Crippen molar-refractivity contribution in [1.29, 1.82) is 0 Å². The van der Waals surface area contributed by atoms with Crippen molar-refractivity contribution in [3.05, 3.63) is 66.2 Å². The summed E-state index contributed by atoms with van der Waals surface area (Å²) in [5, 5.41) is 6.91. The molecule has 2 aromatic carbocycles. The van der Waals surface area contributed by atoms with Gasteiger partial charge in [0.15, 0.2) is 5.16 Å². The third-order valence-corrected chi connectivity index (χ3v) is 4.65. The van der Waals surface area contributed by atoms with Crippen LogP contribution in [0, 0.1) is 0 Å². The van der Waals surface area contributed by atoms with Crippen molar-refractivity contribution in [3.63, 3.8) is 0 Å². The number of hydrazone groups is 1. The molecule has 0 spiro atoms. The van der Waals surface area contributed by atoms with E-state index >= 15 is 0 Å². The predicted molar refractivity (Wildman–Crippen MR) is 108 cm³/mol. The zero-order chi connectivity index (χ0) is 19.1. The molecule has 0 N–H and O–H groups in total. The van der Waals surface area contributed by atoms with Gasteiger partial charge in [-0.2, -0.15) is 15.1 Å². The molecular weight excluding hydrogens is 360 g/mol.